The summed E-state index contributed by atoms with van der Waals surface area (Å²) in [5, 5.41) is 2.77. The minimum Gasteiger partial charge on any atom is -0.497 e. The van der Waals surface area contributed by atoms with Crippen LogP contribution in [0.5, 0.6) is 5.75 Å². The number of benzene rings is 2. The summed E-state index contributed by atoms with van der Waals surface area (Å²) in [6.45, 7) is 1.37. The van der Waals surface area contributed by atoms with Gasteiger partial charge in [-0.3, -0.25) is 9.59 Å². The summed E-state index contributed by atoms with van der Waals surface area (Å²) in [5.41, 5.74) is 1.31. The number of anilines is 2. The zero-order valence-electron chi connectivity index (χ0n) is 12.9. The molecule has 120 valence electrons. The van der Waals surface area contributed by atoms with E-state index in [0.29, 0.717) is 17.1 Å². The SMILES string of the molecule is COc1ccc(N(CC(=O)Nc2cccc(Br)c2)C(C)=O)cc1. The van der Waals surface area contributed by atoms with Crippen LogP contribution in [0.4, 0.5) is 11.4 Å². The predicted octanol–water partition coefficient (Wildman–Crippen LogP) is 3.45. The van der Waals surface area contributed by atoms with E-state index < -0.39 is 0 Å². The molecule has 0 unspecified atom stereocenters. The van der Waals surface area contributed by atoms with Gasteiger partial charge in [-0.1, -0.05) is 22.0 Å². The highest BCUT2D eigenvalue weighted by atomic mass is 79.9. The van der Waals surface area contributed by atoms with Crippen molar-refractivity contribution >= 4 is 39.1 Å². The Hall–Kier alpha value is -2.34. The molecule has 2 aromatic rings. The van der Waals surface area contributed by atoms with Gasteiger partial charge in [-0.05, 0) is 42.5 Å². The van der Waals surface area contributed by atoms with E-state index in [1.165, 1.54) is 11.8 Å². The monoisotopic (exact) mass is 376 g/mol. The third-order valence-electron chi connectivity index (χ3n) is 3.17. The Morgan fingerprint density at radius 2 is 1.87 bits per heavy atom. The van der Waals surface area contributed by atoms with Crippen LogP contribution in [0.3, 0.4) is 0 Å². The van der Waals surface area contributed by atoms with Crippen LogP contribution in [0.2, 0.25) is 0 Å². The number of carbonyl (C=O) groups excluding carboxylic acids is 2. The van der Waals surface area contributed by atoms with Crippen molar-refractivity contribution in [2.24, 2.45) is 0 Å². The third kappa shape index (κ3) is 4.82. The van der Waals surface area contributed by atoms with Gasteiger partial charge in [0.25, 0.3) is 0 Å². The molecule has 0 saturated carbocycles. The van der Waals surface area contributed by atoms with Crippen LogP contribution in [-0.4, -0.2) is 25.5 Å². The van der Waals surface area contributed by atoms with Crippen molar-refractivity contribution < 1.29 is 14.3 Å². The number of ether oxygens (including phenoxy) is 1. The van der Waals surface area contributed by atoms with E-state index in [1.807, 2.05) is 12.1 Å². The fraction of sp³-hybridized carbons (Fsp3) is 0.176. The van der Waals surface area contributed by atoms with Crippen molar-refractivity contribution in [3.8, 4) is 5.75 Å². The Labute approximate surface area is 143 Å². The first-order valence-electron chi connectivity index (χ1n) is 6.97. The van der Waals surface area contributed by atoms with E-state index in [2.05, 4.69) is 21.2 Å². The molecule has 0 fully saturated rings. The summed E-state index contributed by atoms with van der Waals surface area (Å²) >= 11 is 3.35. The largest absolute Gasteiger partial charge is 0.497 e. The van der Waals surface area contributed by atoms with Gasteiger partial charge in [0, 0.05) is 22.8 Å². The number of hydrogen-bond donors (Lipinski definition) is 1. The van der Waals surface area contributed by atoms with Crippen molar-refractivity contribution in [3.63, 3.8) is 0 Å². The topological polar surface area (TPSA) is 58.6 Å². The van der Waals surface area contributed by atoms with Crippen LogP contribution >= 0.6 is 15.9 Å². The Kier molecular flexibility index (Phi) is 5.76. The molecule has 0 atom stereocenters. The maximum Gasteiger partial charge on any atom is 0.244 e. The molecule has 0 aliphatic rings. The van der Waals surface area contributed by atoms with E-state index in [-0.39, 0.29) is 18.4 Å². The fourth-order valence-corrected chi connectivity index (χ4v) is 2.46. The zero-order valence-corrected chi connectivity index (χ0v) is 14.5. The van der Waals surface area contributed by atoms with Gasteiger partial charge in [-0.2, -0.15) is 0 Å². The van der Waals surface area contributed by atoms with Gasteiger partial charge in [-0.15, -0.1) is 0 Å². The molecular weight excluding hydrogens is 360 g/mol. The third-order valence-corrected chi connectivity index (χ3v) is 3.67. The first-order valence-corrected chi connectivity index (χ1v) is 7.76. The van der Waals surface area contributed by atoms with Crippen LogP contribution in [0.15, 0.2) is 53.0 Å². The molecule has 6 heteroatoms. The highest BCUT2D eigenvalue weighted by Crippen LogP contribution is 2.20. The highest BCUT2D eigenvalue weighted by Gasteiger charge is 2.16. The Morgan fingerprint density at radius 3 is 2.43 bits per heavy atom. The predicted molar refractivity (Wildman–Crippen MR) is 93.8 cm³/mol. The van der Waals surface area contributed by atoms with E-state index in [4.69, 9.17) is 4.74 Å². The van der Waals surface area contributed by atoms with Gasteiger partial charge in [0.15, 0.2) is 0 Å². The lowest BCUT2D eigenvalue weighted by molar-refractivity contribution is -0.120. The second-order valence-corrected chi connectivity index (χ2v) is 5.78. The molecule has 5 nitrogen and oxygen atoms in total. The van der Waals surface area contributed by atoms with Gasteiger partial charge in [0.2, 0.25) is 11.8 Å². The summed E-state index contributed by atoms with van der Waals surface area (Å²) in [4.78, 5) is 25.4. The minimum absolute atomic E-state index is 0.0613. The van der Waals surface area contributed by atoms with Gasteiger partial charge >= 0.3 is 0 Å². The Balaban J connectivity index is 2.09. The van der Waals surface area contributed by atoms with Crippen molar-refractivity contribution in [1.82, 2.24) is 0 Å². The van der Waals surface area contributed by atoms with E-state index in [9.17, 15) is 9.59 Å². The van der Waals surface area contributed by atoms with Crippen LogP contribution in [0.1, 0.15) is 6.92 Å². The summed E-state index contributed by atoms with van der Waals surface area (Å²) in [6, 6.07) is 14.3. The smallest absolute Gasteiger partial charge is 0.244 e. The molecule has 0 aliphatic carbocycles. The standard InChI is InChI=1S/C17H17BrN2O3/c1-12(21)20(15-6-8-16(23-2)9-7-15)11-17(22)19-14-5-3-4-13(18)10-14/h3-10H,11H2,1-2H3,(H,19,22). The zero-order chi connectivity index (χ0) is 16.8. The highest BCUT2D eigenvalue weighted by molar-refractivity contribution is 9.10. The molecule has 0 aromatic heterocycles. The van der Waals surface area contributed by atoms with Crippen LogP contribution in [-0.2, 0) is 9.59 Å². The van der Waals surface area contributed by atoms with Crippen LogP contribution in [0.25, 0.3) is 0 Å². The van der Waals surface area contributed by atoms with E-state index >= 15 is 0 Å². The van der Waals surface area contributed by atoms with Gasteiger partial charge in [0.1, 0.15) is 12.3 Å². The van der Waals surface area contributed by atoms with Gasteiger partial charge in [-0.25, -0.2) is 0 Å². The number of nitrogens with one attached hydrogen (secondary N) is 1. The molecule has 0 heterocycles. The van der Waals surface area contributed by atoms with Crippen molar-refractivity contribution in [1.29, 1.82) is 0 Å². The summed E-state index contributed by atoms with van der Waals surface area (Å²) < 4.78 is 5.96. The van der Waals surface area contributed by atoms with Crippen LogP contribution in [0, 0.1) is 0 Å². The fourth-order valence-electron chi connectivity index (χ4n) is 2.06. The van der Waals surface area contributed by atoms with E-state index in [1.54, 1.807) is 43.5 Å². The maximum absolute atomic E-state index is 12.2. The average Bonchev–Trinajstić information content (AvgIpc) is 2.52. The number of carbonyl (C=O) groups is 2. The molecule has 0 radical (unpaired) electrons. The van der Waals surface area contributed by atoms with Crippen LogP contribution < -0.4 is 15.0 Å². The lowest BCUT2D eigenvalue weighted by Crippen LogP contribution is -2.36. The molecule has 0 spiro atoms. The summed E-state index contributed by atoms with van der Waals surface area (Å²) in [6.07, 6.45) is 0. The summed E-state index contributed by atoms with van der Waals surface area (Å²) in [5.74, 6) is 0.213. The normalized spacial score (nSPS) is 10.0. The molecule has 2 aromatic carbocycles. The molecular formula is C17H17BrN2O3. The number of methoxy groups -OCH3 is 1. The number of hydrogen-bond acceptors (Lipinski definition) is 3. The Morgan fingerprint density at radius 1 is 1.17 bits per heavy atom. The molecule has 23 heavy (non-hydrogen) atoms. The quantitative estimate of drug-likeness (QED) is 0.869. The van der Waals surface area contributed by atoms with Crippen molar-refractivity contribution in [3.05, 3.63) is 53.0 Å². The molecule has 2 rings (SSSR count). The molecule has 0 bridgehead atoms. The average molecular weight is 377 g/mol. The number of nitrogens with zero attached hydrogens (tertiary/aromatic N) is 1. The molecule has 0 aliphatic heterocycles. The molecule has 0 saturated heterocycles. The minimum atomic E-state index is -0.269. The Bertz CT molecular complexity index is 701. The lowest BCUT2D eigenvalue weighted by Gasteiger charge is -2.21. The number of rotatable bonds is 5. The number of amides is 2. The van der Waals surface area contributed by atoms with Gasteiger partial charge in [0.05, 0.1) is 7.11 Å². The first kappa shape index (κ1) is 17.0. The van der Waals surface area contributed by atoms with Gasteiger partial charge < -0.3 is 15.0 Å². The van der Waals surface area contributed by atoms with E-state index in [0.717, 1.165) is 4.47 Å². The lowest BCUT2D eigenvalue weighted by atomic mass is 10.2. The first-order chi connectivity index (χ1) is 11.0. The summed E-state index contributed by atoms with van der Waals surface area (Å²) in [7, 11) is 1.57. The maximum atomic E-state index is 12.2. The molecule has 2 amide bonds. The second-order valence-electron chi connectivity index (χ2n) is 4.86. The second kappa shape index (κ2) is 7.78. The molecule has 1 N–H and O–H groups in total. The van der Waals surface area contributed by atoms with Crippen molar-refractivity contribution in [2.75, 3.05) is 23.9 Å². The van der Waals surface area contributed by atoms with Crippen molar-refractivity contribution in [2.45, 2.75) is 6.92 Å². The number of halogens is 1.